The Morgan fingerprint density at radius 2 is 1.78 bits per heavy atom. The van der Waals surface area contributed by atoms with E-state index in [2.05, 4.69) is 0 Å². The molecule has 122 valence electrons. The van der Waals surface area contributed by atoms with Crippen LogP contribution in [-0.4, -0.2) is 5.11 Å². The average molecular weight is 321 g/mol. The lowest BCUT2D eigenvalue weighted by Crippen LogP contribution is -2.07. The number of aliphatic hydroxyl groups excluding tert-OH is 1. The SMILES string of the molecule is NC1CCc2cc(Cc3cc(CO)cc(C(F)(F)F)c3)ccc21. The van der Waals surface area contributed by atoms with Gasteiger partial charge in [-0.1, -0.05) is 24.3 Å². The van der Waals surface area contributed by atoms with Crippen molar-refractivity contribution in [1.82, 2.24) is 0 Å². The first-order chi connectivity index (χ1) is 10.9. The van der Waals surface area contributed by atoms with E-state index in [9.17, 15) is 18.3 Å². The molecule has 1 aliphatic rings. The van der Waals surface area contributed by atoms with Crippen molar-refractivity contribution in [3.63, 3.8) is 0 Å². The number of aryl methyl sites for hydroxylation is 1. The lowest BCUT2D eigenvalue weighted by Gasteiger charge is -2.12. The zero-order chi connectivity index (χ0) is 16.6. The lowest BCUT2D eigenvalue weighted by atomic mass is 9.97. The van der Waals surface area contributed by atoms with Gasteiger partial charge in [-0.15, -0.1) is 0 Å². The van der Waals surface area contributed by atoms with E-state index in [1.165, 1.54) is 5.56 Å². The van der Waals surface area contributed by atoms with Crippen LogP contribution in [-0.2, 0) is 25.6 Å². The predicted octanol–water partition coefficient (Wildman–Crippen LogP) is 3.73. The second-order valence-electron chi connectivity index (χ2n) is 6.05. The summed E-state index contributed by atoms with van der Waals surface area (Å²) < 4.78 is 38.9. The Bertz CT molecular complexity index is 725. The second kappa shape index (κ2) is 5.98. The van der Waals surface area contributed by atoms with Crippen molar-refractivity contribution in [2.45, 2.75) is 38.1 Å². The zero-order valence-corrected chi connectivity index (χ0v) is 12.5. The summed E-state index contributed by atoms with van der Waals surface area (Å²) in [5.41, 5.74) is 9.38. The zero-order valence-electron chi connectivity index (χ0n) is 12.5. The number of hydrogen-bond donors (Lipinski definition) is 2. The van der Waals surface area contributed by atoms with Gasteiger partial charge in [-0.25, -0.2) is 0 Å². The van der Waals surface area contributed by atoms with Gasteiger partial charge in [0.05, 0.1) is 12.2 Å². The van der Waals surface area contributed by atoms with Gasteiger partial charge in [0.1, 0.15) is 0 Å². The molecule has 1 aliphatic carbocycles. The van der Waals surface area contributed by atoms with Crippen LogP contribution < -0.4 is 5.73 Å². The Kier molecular flexibility index (Phi) is 4.17. The molecule has 0 heterocycles. The highest BCUT2D eigenvalue weighted by Crippen LogP contribution is 2.33. The Morgan fingerprint density at radius 3 is 2.48 bits per heavy atom. The van der Waals surface area contributed by atoms with Crippen molar-refractivity contribution in [3.8, 4) is 0 Å². The highest BCUT2D eigenvalue weighted by Gasteiger charge is 2.31. The van der Waals surface area contributed by atoms with Crippen molar-refractivity contribution in [1.29, 1.82) is 0 Å². The number of benzene rings is 2. The van der Waals surface area contributed by atoms with Gasteiger partial charge in [0, 0.05) is 6.04 Å². The predicted molar refractivity (Wildman–Crippen MR) is 81.9 cm³/mol. The fourth-order valence-corrected chi connectivity index (χ4v) is 3.17. The minimum absolute atomic E-state index is 0.0635. The molecule has 1 unspecified atom stereocenters. The minimum atomic E-state index is -4.41. The molecule has 0 aromatic heterocycles. The normalized spacial score (nSPS) is 17.3. The smallest absolute Gasteiger partial charge is 0.392 e. The molecule has 0 spiro atoms. The summed E-state index contributed by atoms with van der Waals surface area (Å²) in [7, 11) is 0. The molecule has 2 aromatic rings. The summed E-state index contributed by atoms with van der Waals surface area (Å²) >= 11 is 0. The summed E-state index contributed by atoms with van der Waals surface area (Å²) in [6, 6.07) is 9.75. The molecule has 2 nitrogen and oxygen atoms in total. The van der Waals surface area contributed by atoms with E-state index in [4.69, 9.17) is 5.73 Å². The van der Waals surface area contributed by atoms with Crippen LogP contribution in [0.1, 0.15) is 45.8 Å². The van der Waals surface area contributed by atoms with E-state index in [1.807, 2.05) is 18.2 Å². The molecule has 0 saturated heterocycles. The average Bonchev–Trinajstić information content (AvgIpc) is 2.87. The number of nitrogens with two attached hydrogens (primary N) is 1. The van der Waals surface area contributed by atoms with Crippen LogP contribution in [0.25, 0.3) is 0 Å². The van der Waals surface area contributed by atoms with E-state index < -0.39 is 18.3 Å². The first-order valence-electron chi connectivity index (χ1n) is 7.55. The third-order valence-electron chi connectivity index (χ3n) is 4.30. The molecule has 2 aromatic carbocycles. The van der Waals surface area contributed by atoms with E-state index >= 15 is 0 Å². The maximum atomic E-state index is 13.0. The molecule has 23 heavy (non-hydrogen) atoms. The topological polar surface area (TPSA) is 46.2 Å². The largest absolute Gasteiger partial charge is 0.416 e. The number of fused-ring (bicyclic) bond motifs is 1. The Morgan fingerprint density at radius 1 is 1.04 bits per heavy atom. The Hall–Kier alpha value is -1.85. The molecule has 0 amide bonds. The number of alkyl halides is 3. The standard InChI is InChI=1S/C18H18F3NO/c19-18(20,21)15-8-12(6-13(9-15)10-23)5-11-1-3-16-14(7-11)2-4-17(16)22/h1,3,6-9,17,23H,2,4-5,10,22H2. The maximum Gasteiger partial charge on any atom is 0.416 e. The minimum Gasteiger partial charge on any atom is -0.392 e. The molecule has 0 aliphatic heterocycles. The highest BCUT2D eigenvalue weighted by molar-refractivity contribution is 5.41. The van der Waals surface area contributed by atoms with E-state index in [0.717, 1.165) is 36.1 Å². The van der Waals surface area contributed by atoms with Gasteiger partial charge in [0.2, 0.25) is 0 Å². The van der Waals surface area contributed by atoms with Crippen LogP contribution >= 0.6 is 0 Å². The first kappa shape index (κ1) is 16.0. The van der Waals surface area contributed by atoms with Crippen LogP contribution in [0, 0.1) is 0 Å². The molecule has 0 radical (unpaired) electrons. The van der Waals surface area contributed by atoms with Gasteiger partial charge in [-0.05, 0) is 59.2 Å². The van der Waals surface area contributed by atoms with Crippen molar-refractivity contribution in [2.24, 2.45) is 5.73 Å². The van der Waals surface area contributed by atoms with Gasteiger partial charge in [-0.2, -0.15) is 13.2 Å². The monoisotopic (exact) mass is 321 g/mol. The maximum absolute atomic E-state index is 13.0. The molecule has 0 saturated carbocycles. The molecule has 5 heteroatoms. The third kappa shape index (κ3) is 3.41. The van der Waals surface area contributed by atoms with Crippen molar-refractivity contribution in [3.05, 3.63) is 69.8 Å². The summed E-state index contributed by atoms with van der Waals surface area (Å²) in [6.45, 7) is -0.407. The fraction of sp³-hybridized carbons (Fsp3) is 0.333. The lowest BCUT2D eigenvalue weighted by molar-refractivity contribution is -0.137. The molecular weight excluding hydrogens is 303 g/mol. The van der Waals surface area contributed by atoms with Crippen LogP contribution in [0.5, 0.6) is 0 Å². The van der Waals surface area contributed by atoms with Gasteiger partial charge >= 0.3 is 6.18 Å². The van der Waals surface area contributed by atoms with Crippen molar-refractivity contribution >= 4 is 0 Å². The molecule has 3 N–H and O–H groups in total. The highest BCUT2D eigenvalue weighted by atomic mass is 19.4. The first-order valence-corrected chi connectivity index (χ1v) is 7.55. The van der Waals surface area contributed by atoms with Crippen molar-refractivity contribution < 1.29 is 18.3 Å². The Balaban J connectivity index is 1.91. The van der Waals surface area contributed by atoms with Gasteiger partial charge in [0.15, 0.2) is 0 Å². The fourth-order valence-electron chi connectivity index (χ4n) is 3.17. The van der Waals surface area contributed by atoms with Gasteiger partial charge in [-0.3, -0.25) is 0 Å². The molecule has 3 rings (SSSR count). The van der Waals surface area contributed by atoms with Gasteiger partial charge in [0.25, 0.3) is 0 Å². The quantitative estimate of drug-likeness (QED) is 0.905. The number of halogens is 3. The van der Waals surface area contributed by atoms with E-state index in [0.29, 0.717) is 12.0 Å². The number of hydrogen-bond acceptors (Lipinski definition) is 2. The van der Waals surface area contributed by atoms with E-state index in [-0.39, 0.29) is 11.6 Å². The second-order valence-corrected chi connectivity index (χ2v) is 6.05. The molecule has 0 bridgehead atoms. The number of aliphatic hydroxyl groups is 1. The summed E-state index contributed by atoms with van der Waals surface area (Å²) in [5, 5.41) is 9.19. The molecular formula is C18H18F3NO. The number of rotatable bonds is 3. The molecule has 0 fully saturated rings. The van der Waals surface area contributed by atoms with E-state index in [1.54, 1.807) is 6.07 Å². The van der Waals surface area contributed by atoms with Crippen molar-refractivity contribution in [2.75, 3.05) is 0 Å². The third-order valence-corrected chi connectivity index (χ3v) is 4.30. The van der Waals surface area contributed by atoms with Crippen LogP contribution in [0.2, 0.25) is 0 Å². The van der Waals surface area contributed by atoms with Gasteiger partial charge < -0.3 is 10.8 Å². The Labute approximate surface area is 132 Å². The summed E-state index contributed by atoms with van der Waals surface area (Å²) in [6.07, 6.45) is -2.18. The van der Waals surface area contributed by atoms with Crippen LogP contribution in [0.15, 0.2) is 36.4 Å². The summed E-state index contributed by atoms with van der Waals surface area (Å²) in [4.78, 5) is 0. The van der Waals surface area contributed by atoms with Crippen LogP contribution in [0.3, 0.4) is 0 Å². The molecule has 1 atom stereocenters. The summed E-state index contributed by atoms with van der Waals surface area (Å²) in [5.74, 6) is 0. The van der Waals surface area contributed by atoms with Crippen LogP contribution in [0.4, 0.5) is 13.2 Å².